The van der Waals surface area contributed by atoms with Crippen LogP contribution >= 0.6 is 11.3 Å². The van der Waals surface area contributed by atoms with Gasteiger partial charge in [0.15, 0.2) is 5.03 Å². The zero-order valence-corrected chi connectivity index (χ0v) is 13.1. The lowest BCUT2D eigenvalue weighted by Crippen LogP contribution is -2.30. The molecule has 2 aromatic heterocycles. The highest BCUT2D eigenvalue weighted by atomic mass is 32.2. The van der Waals surface area contributed by atoms with Gasteiger partial charge in [0.1, 0.15) is 10.7 Å². The maximum Gasteiger partial charge on any atom is 0.283 e. The third-order valence-electron chi connectivity index (χ3n) is 2.70. The highest BCUT2D eigenvalue weighted by Gasteiger charge is 2.24. The van der Waals surface area contributed by atoms with Crippen molar-refractivity contribution in [2.75, 3.05) is 0 Å². The summed E-state index contributed by atoms with van der Waals surface area (Å²) >= 11 is 1.15. The summed E-state index contributed by atoms with van der Waals surface area (Å²) in [6.07, 6.45) is 1.36. The van der Waals surface area contributed by atoms with Gasteiger partial charge in [-0.1, -0.05) is 0 Å². The highest BCUT2D eigenvalue weighted by molar-refractivity contribution is 7.90. The van der Waals surface area contributed by atoms with Gasteiger partial charge in [-0.05, 0) is 20.8 Å². The molecule has 9 heteroatoms. The molecule has 2 aromatic rings. The highest BCUT2D eigenvalue weighted by Crippen LogP contribution is 2.18. The smallest absolute Gasteiger partial charge is 0.283 e. The summed E-state index contributed by atoms with van der Waals surface area (Å²) in [5, 5.41) is 0.531. The minimum atomic E-state index is -3.97. The van der Waals surface area contributed by atoms with E-state index in [-0.39, 0.29) is 5.03 Å². The largest absolute Gasteiger partial charge is 0.337 e. The van der Waals surface area contributed by atoms with Gasteiger partial charge in [0.25, 0.3) is 15.9 Å². The number of amides is 1. The molecular weight excluding hydrogens is 300 g/mol. The van der Waals surface area contributed by atoms with E-state index in [0.717, 1.165) is 11.3 Å². The molecule has 108 valence electrons. The second-order valence-electron chi connectivity index (χ2n) is 4.32. The van der Waals surface area contributed by atoms with Crippen molar-refractivity contribution >= 4 is 27.3 Å². The van der Waals surface area contributed by atoms with Gasteiger partial charge < -0.3 is 4.57 Å². The predicted octanol–water partition coefficient (Wildman–Crippen LogP) is 0.921. The predicted molar refractivity (Wildman–Crippen MR) is 74.2 cm³/mol. The van der Waals surface area contributed by atoms with E-state index in [2.05, 4.69) is 9.97 Å². The second-order valence-corrected chi connectivity index (χ2v) is 7.15. The normalized spacial score (nSPS) is 11.6. The standard InChI is InChI=1S/C11H14N4O3S2/c1-6-10(19-8(3)12-6)11(16)14-20(17,18)9-5-15(4)7(2)13-9/h5H,1-4H3,(H,14,16). The average molecular weight is 314 g/mol. The van der Waals surface area contributed by atoms with E-state index in [1.807, 2.05) is 4.72 Å². The Hall–Kier alpha value is -1.74. The van der Waals surface area contributed by atoms with Crippen LogP contribution in [0.4, 0.5) is 0 Å². The van der Waals surface area contributed by atoms with Crippen molar-refractivity contribution in [2.45, 2.75) is 25.8 Å². The van der Waals surface area contributed by atoms with Crippen molar-refractivity contribution in [3.8, 4) is 0 Å². The summed E-state index contributed by atoms with van der Waals surface area (Å²) in [5.41, 5.74) is 0.511. The third-order valence-corrected chi connectivity index (χ3v) is 4.97. The number of carbonyl (C=O) groups is 1. The molecule has 0 saturated heterocycles. The Balaban J connectivity index is 2.29. The first kappa shape index (κ1) is 14.7. The van der Waals surface area contributed by atoms with Crippen LogP contribution in [0.3, 0.4) is 0 Å². The number of hydrogen-bond donors (Lipinski definition) is 1. The van der Waals surface area contributed by atoms with Gasteiger partial charge in [-0.25, -0.2) is 14.7 Å². The van der Waals surface area contributed by atoms with Crippen LogP contribution in [0.15, 0.2) is 11.2 Å². The molecule has 0 saturated carbocycles. The molecule has 7 nitrogen and oxygen atoms in total. The van der Waals surface area contributed by atoms with E-state index in [0.29, 0.717) is 21.4 Å². The third kappa shape index (κ3) is 2.73. The number of nitrogens with zero attached hydrogens (tertiary/aromatic N) is 3. The second kappa shape index (κ2) is 4.98. The number of nitrogens with one attached hydrogen (secondary N) is 1. The van der Waals surface area contributed by atoms with Crippen LogP contribution in [0.1, 0.15) is 26.2 Å². The molecule has 1 N–H and O–H groups in total. The molecule has 0 aliphatic heterocycles. The van der Waals surface area contributed by atoms with Crippen molar-refractivity contribution in [2.24, 2.45) is 7.05 Å². The molecule has 0 bridgehead atoms. The van der Waals surface area contributed by atoms with Gasteiger partial charge in [-0.2, -0.15) is 8.42 Å². The lowest BCUT2D eigenvalue weighted by molar-refractivity contribution is 0.0984. The molecular formula is C11H14N4O3S2. The average Bonchev–Trinajstić information content (AvgIpc) is 2.82. The van der Waals surface area contributed by atoms with Crippen molar-refractivity contribution in [3.05, 3.63) is 27.6 Å². The van der Waals surface area contributed by atoms with E-state index < -0.39 is 15.9 Å². The van der Waals surface area contributed by atoms with Crippen LogP contribution in [0, 0.1) is 20.8 Å². The molecule has 0 spiro atoms. The van der Waals surface area contributed by atoms with Crippen LogP contribution < -0.4 is 4.72 Å². The van der Waals surface area contributed by atoms with Gasteiger partial charge in [0, 0.05) is 13.2 Å². The maximum absolute atomic E-state index is 12.1. The van der Waals surface area contributed by atoms with Gasteiger partial charge in [0.05, 0.1) is 10.7 Å². The van der Waals surface area contributed by atoms with Crippen molar-refractivity contribution < 1.29 is 13.2 Å². The van der Waals surface area contributed by atoms with Crippen LogP contribution in [-0.4, -0.2) is 28.9 Å². The van der Waals surface area contributed by atoms with Crippen molar-refractivity contribution in [1.29, 1.82) is 0 Å². The number of aromatic nitrogens is 3. The molecule has 0 aliphatic carbocycles. The first-order chi connectivity index (χ1) is 9.20. The minimum Gasteiger partial charge on any atom is -0.337 e. The number of carbonyl (C=O) groups excluding carboxylic acids is 1. The van der Waals surface area contributed by atoms with Gasteiger partial charge in [0.2, 0.25) is 0 Å². The molecule has 0 radical (unpaired) electrons. The van der Waals surface area contributed by atoms with Crippen LogP contribution in [-0.2, 0) is 17.1 Å². The Morgan fingerprint density at radius 2 is 1.95 bits per heavy atom. The Kier molecular flexibility index (Phi) is 3.65. The van der Waals surface area contributed by atoms with Crippen LogP contribution in [0.25, 0.3) is 0 Å². The Morgan fingerprint density at radius 3 is 2.40 bits per heavy atom. The quantitative estimate of drug-likeness (QED) is 0.909. The first-order valence-electron chi connectivity index (χ1n) is 5.72. The van der Waals surface area contributed by atoms with E-state index in [1.54, 1.807) is 32.4 Å². The Bertz CT molecular complexity index is 754. The summed E-state index contributed by atoms with van der Waals surface area (Å²) in [7, 11) is -2.29. The summed E-state index contributed by atoms with van der Waals surface area (Å²) in [5.74, 6) is -0.140. The number of imidazole rings is 1. The van der Waals surface area contributed by atoms with Crippen LogP contribution in [0.5, 0.6) is 0 Å². The molecule has 1 amide bonds. The number of hydrogen-bond acceptors (Lipinski definition) is 6. The van der Waals surface area contributed by atoms with E-state index in [4.69, 9.17) is 0 Å². The fourth-order valence-electron chi connectivity index (χ4n) is 1.62. The Labute approximate surface area is 120 Å². The van der Waals surface area contributed by atoms with Gasteiger partial charge in [-0.3, -0.25) is 4.79 Å². The van der Waals surface area contributed by atoms with Crippen molar-refractivity contribution in [3.63, 3.8) is 0 Å². The number of thiazole rings is 1. The minimum absolute atomic E-state index is 0.176. The SMILES string of the molecule is Cc1nc(C)c(C(=O)NS(=O)(=O)c2cn(C)c(C)n2)s1. The molecule has 0 fully saturated rings. The summed E-state index contributed by atoms with van der Waals surface area (Å²) in [6.45, 7) is 5.10. The maximum atomic E-state index is 12.1. The van der Waals surface area contributed by atoms with E-state index in [1.165, 1.54) is 6.20 Å². The van der Waals surface area contributed by atoms with Gasteiger partial charge >= 0.3 is 0 Å². The first-order valence-corrected chi connectivity index (χ1v) is 8.02. The van der Waals surface area contributed by atoms with Crippen molar-refractivity contribution in [1.82, 2.24) is 19.3 Å². The molecule has 0 aromatic carbocycles. The zero-order valence-electron chi connectivity index (χ0n) is 11.5. The van der Waals surface area contributed by atoms with E-state index >= 15 is 0 Å². The summed E-state index contributed by atoms with van der Waals surface area (Å²) in [6, 6.07) is 0. The fourth-order valence-corrected chi connectivity index (χ4v) is 3.50. The molecule has 0 aliphatic rings. The number of rotatable bonds is 3. The lowest BCUT2D eigenvalue weighted by atomic mass is 10.4. The molecule has 2 heterocycles. The monoisotopic (exact) mass is 314 g/mol. The molecule has 0 atom stereocenters. The number of aryl methyl sites for hydroxylation is 4. The summed E-state index contributed by atoms with van der Waals surface area (Å²) < 4.78 is 27.7. The molecule has 20 heavy (non-hydrogen) atoms. The van der Waals surface area contributed by atoms with Gasteiger partial charge in [-0.15, -0.1) is 11.3 Å². The molecule has 0 unspecified atom stereocenters. The topological polar surface area (TPSA) is 94.0 Å². The zero-order chi connectivity index (χ0) is 15.1. The molecule has 2 rings (SSSR count). The summed E-state index contributed by atoms with van der Waals surface area (Å²) in [4.78, 5) is 20.3. The lowest BCUT2D eigenvalue weighted by Gasteiger charge is -2.02. The van der Waals surface area contributed by atoms with Crippen LogP contribution in [0.2, 0.25) is 0 Å². The Morgan fingerprint density at radius 1 is 1.30 bits per heavy atom. The van der Waals surface area contributed by atoms with E-state index in [9.17, 15) is 13.2 Å². The fraction of sp³-hybridized carbons (Fsp3) is 0.364. The number of sulfonamides is 1.